The van der Waals surface area contributed by atoms with Gasteiger partial charge in [-0.15, -0.1) is 0 Å². The summed E-state index contributed by atoms with van der Waals surface area (Å²) in [6.07, 6.45) is 29.1. The number of aliphatic hydroxyl groups excluding tert-OH is 4. The van der Waals surface area contributed by atoms with Crippen LogP contribution in [0.25, 0.3) is 0 Å². The van der Waals surface area contributed by atoms with Gasteiger partial charge in [-0.3, -0.25) is 23.2 Å². The number of rotatable bonds is 43. The standard InChI is InChI=1S/C71H116N2O18P2/c1-48(2)25-15-26-49(3)27-16-28-50(4)29-17-30-51(5)31-18-32-52(6)33-19-34-53(7)35-20-36-54(8)37-21-38-55(9)39-22-40-56(10)41-23-42-57(11)43-24-44-58(12)45-46-86-92(82,83)91-93(84,85)90-71-63(73-60(14)76)65(78)67(61(47-74)87-71)88-70-62(72-59(13)75)64(77)66(79)68(89-70)69(80)81/h25,27,29,31,33,35,37,39,41,43,45,61-68,70-71,74,77-79H,15-24,26,28,30,32,34,36,38,40,42,44,46-47H2,1-14H3,(H,72,75)(H,73,76)(H,80,81)(H,82,83)(H,84,85)/p-3/b49-27+,50-29+,51-31-,52-33-,53-35-,54-37-,55-39-,56-41-,57-43-,58-45-/t61-,62+,63-,64-,65-,66+,67-,68+,70-,71-/m1/s1. The molecule has 528 valence electrons. The van der Waals surface area contributed by atoms with Crippen LogP contribution in [0.3, 0.4) is 0 Å². The summed E-state index contributed by atoms with van der Waals surface area (Å²) in [6.45, 7) is 26.4. The first kappa shape index (κ1) is 84.6. The van der Waals surface area contributed by atoms with Crippen molar-refractivity contribution in [1.82, 2.24) is 10.6 Å². The van der Waals surface area contributed by atoms with Gasteiger partial charge in [-0.2, -0.15) is 0 Å². The third-order valence-corrected chi connectivity index (χ3v) is 18.7. The van der Waals surface area contributed by atoms with Gasteiger partial charge in [0.25, 0.3) is 15.6 Å². The number of carboxylic acid groups (broad SMARTS) is 1. The second kappa shape index (κ2) is 45.1. The van der Waals surface area contributed by atoms with Crippen molar-refractivity contribution >= 4 is 33.4 Å². The highest BCUT2D eigenvalue weighted by molar-refractivity contribution is 7.59. The molecule has 0 radical (unpaired) electrons. The number of carbonyl (C=O) groups excluding carboxylic acids is 3. The van der Waals surface area contributed by atoms with Gasteiger partial charge in [0, 0.05) is 13.8 Å². The molecule has 0 aromatic carbocycles. The van der Waals surface area contributed by atoms with E-state index in [4.69, 9.17) is 23.3 Å². The Hall–Kier alpha value is -4.47. The molecule has 2 saturated heterocycles. The van der Waals surface area contributed by atoms with E-state index in [9.17, 15) is 58.8 Å². The quantitative estimate of drug-likeness (QED) is 0.0244. The van der Waals surface area contributed by atoms with E-state index in [1.54, 1.807) is 6.92 Å². The molecular weight excluding hydrogens is 1230 g/mol. The molecule has 0 aliphatic carbocycles. The Morgan fingerprint density at radius 2 is 0.753 bits per heavy atom. The predicted octanol–water partition coefficient (Wildman–Crippen LogP) is 11.9. The second-order valence-electron chi connectivity index (χ2n) is 25.5. The van der Waals surface area contributed by atoms with Gasteiger partial charge in [0.15, 0.2) is 12.6 Å². The van der Waals surface area contributed by atoms with Gasteiger partial charge in [0.1, 0.15) is 48.7 Å². The van der Waals surface area contributed by atoms with Crippen LogP contribution < -0.4 is 25.5 Å². The van der Waals surface area contributed by atoms with E-state index in [1.165, 1.54) is 61.8 Å². The molecule has 12 atom stereocenters. The number of carboxylic acids is 1. The highest BCUT2D eigenvalue weighted by Gasteiger charge is 2.53. The largest absolute Gasteiger partial charge is 0.756 e. The number of phosphoric acid groups is 2. The van der Waals surface area contributed by atoms with Crippen LogP contribution in [0.4, 0.5) is 0 Å². The van der Waals surface area contributed by atoms with E-state index in [1.807, 2.05) is 0 Å². The molecule has 2 heterocycles. The SMILES string of the molecule is CC(=O)N[C@@H]1[C@H](O[C@H]2[C@H](O)[C@@H](NC(C)=O)[C@@H](OP(=O)([O-])OP(=O)([O-])OC/C=C(/C)CC/C=C(/C)CC/C=C(/C)CC/C=C(/C)CC/C=C(/C)CC/C=C(/C)CC/C=C(/C)CC/C=C(/C)CC/C=C(\C)CC/C=C(\C)CCC=C(C)C)O[C@@H]2CO)O[C@H](C(=O)[O-])[C@@H](O)[C@@H]1O. The van der Waals surface area contributed by atoms with Crippen LogP contribution in [0, 0.1) is 0 Å². The van der Waals surface area contributed by atoms with Crippen molar-refractivity contribution in [2.75, 3.05) is 13.2 Å². The first-order chi connectivity index (χ1) is 43.7. The summed E-state index contributed by atoms with van der Waals surface area (Å²) >= 11 is 0. The lowest BCUT2D eigenvalue weighted by molar-refractivity contribution is -0.354. The van der Waals surface area contributed by atoms with E-state index in [0.717, 1.165) is 135 Å². The number of hydrogen-bond acceptors (Lipinski definition) is 18. The van der Waals surface area contributed by atoms with Crippen molar-refractivity contribution < 1.29 is 86.4 Å². The Balaban J connectivity index is 1.72. The Morgan fingerprint density at radius 1 is 0.441 bits per heavy atom. The Bertz CT molecular complexity index is 2800. The minimum Gasteiger partial charge on any atom is -0.756 e. The van der Waals surface area contributed by atoms with Gasteiger partial charge in [0.05, 0.1) is 19.2 Å². The average molecular weight is 1340 g/mol. The average Bonchev–Trinajstić information content (AvgIpc) is 0.780. The van der Waals surface area contributed by atoms with E-state index < -0.39 is 108 Å². The highest BCUT2D eigenvalue weighted by atomic mass is 31.3. The van der Waals surface area contributed by atoms with E-state index >= 15 is 0 Å². The molecule has 0 bridgehead atoms. The number of aliphatic hydroxyl groups is 4. The molecule has 20 nitrogen and oxygen atoms in total. The number of nitrogens with one attached hydrogen (secondary N) is 2. The number of allylic oxidation sites excluding steroid dienone is 21. The van der Waals surface area contributed by atoms with Gasteiger partial charge in [-0.25, -0.2) is 4.31 Å². The lowest BCUT2D eigenvalue weighted by Crippen LogP contribution is -2.70. The second-order valence-corrected chi connectivity index (χ2v) is 28.5. The number of ether oxygens (including phenoxy) is 3. The summed E-state index contributed by atoms with van der Waals surface area (Å²) < 4.78 is 55.9. The normalized spacial score (nSPS) is 24.9. The molecular formula is C71H113N2O18P2-3. The fraction of sp³-hybridized carbons (Fsp3) is 0.648. The van der Waals surface area contributed by atoms with E-state index in [-0.39, 0.29) is 0 Å². The summed E-state index contributed by atoms with van der Waals surface area (Å²) in [4.78, 5) is 61.4. The molecule has 0 spiro atoms. The number of aliphatic carboxylic acids is 1. The lowest BCUT2D eigenvalue weighted by Gasteiger charge is -2.48. The molecule has 2 fully saturated rings. The van der Waals surface area contributed by atoms with Crippen LogP contribution in [-0.4, -0.2) is 113 Å². The number of phosphoric ester groups is 2. The fourth-order valence-electron chi connectivity index (χ4n) is 10.5. The molecule has 6 N–H and O–H groups in total. The van der Waals surface area contributed by atoms with Crippen LogP contribution in [-0.2, 0) is 51.1 Å². The van der Waals surface area contributed by atoms with Crippen molar-refractivity contribution in [2.24, 2.45) is 0 Å². The topological polar surface area (TPSA) is 315 Å². The van der Waals surface area contributed by atoms with Crippen molar-refractivity contribution in [1.29, 1.82) is 0 Å². The zero-order valence-electron chi connectivity index (χ0n) is 58.1. The molecule has 2 aliphatic rings. The van der Waals surface area contributed by atoms with Gasteiger partial charge in [-0.1, -0.05) is 128 Å². The summed E-state index contributed by atoms with van der Waals surface area (Å²) in [5.41, 5.74) is 15.0. The van der Waals surface area contributed by atoms with E-state index in [2.05, 4.69) is 152 Å². The van der Waals surface area contributed by atoms with Gasteiger partial charge >= 0.3 is 0 Å². The maximum atomic E-state index is 13.0. The lowest BCUT2D eigenvalue weighted by atomic mass is 9.94. The Kier molecular flexibility index (Phi) is 41.0. The number of carbonyl (C=O) groups is 3. The summed E-state index contributed by atoms with van der Waals surface area (Å²) in [7, 11) is -11.6. The van der Waals surface area contributed by atoms with Crippen molar-refractivity contribution in [2.45, 2.75) is 287 Å². The van der Waals surface area contributed by atoms with Crippen molar-refractivity contribution in [3.05, 3.63) is 128 Å². The molecule has 2 amide bonds. The summed E-state index contributed by atoms with van der Waals surface area (Å²) in [5, 5.41) is 58.5. The Morgan fingerprint density at radius 3 is 1.05 bits per heavy atom. The molecule has 22 heteroatoms. The first-order valence-corrected chi connectivity index (χ1v) is 35.9. The van der Waals surface area contributed by atoms with Crippen LogP contribution in [0.5, 0.6) is 0 Å². The molecule has 2 rings (SSSR count). The van der Waals surface area contributed by atoms with Gasteiger partial charge in [-0.05, 0) is 212 Å². The molecule has 0 aromatic heterocycles. The predicted molar refractivity (Wildman–Crippen MR) is 360 cm³/mol. The molecule has 0 saturated carbocycles. The molecule has 0 aromatic rings. The third kappa shape index (κ3) is 37.0. The minimum absolute atomic E-state index is 0.553. The van der Waals surface area contributed by atoms with E-state index in [0.29, 0.717) is 12.8 Å². The van der Waals surface area contributed by atoms with Crippen LogP contribution >= 0.6 is 15.6 Å². The smallest absolute Gasteiger partial charge is 0.276 e. The van der Waals surface area contributed by atoms with Crippen LogP contribution in [0.1, 0.15) is 225 Å². The first-order valence-electron chi connectivity index (χ1n) is 32.9. The number of amides is 2. The maximum Gasteiger partial charge on any atom is 0.276 e. The van der Waals surface area contributed by atoms with Crippen molar-refractivity contribution in [3.8, 4) is 0 Å². The number of hydrogen-bond donors (Lipinski definition) is 6. The Labute approximate surface area is 556 Å². The molecule has 2 aliphatic heterocycles. The van der Waals surface area contributed by atoms with Gasteiger partial charge < -0.3 is 69.5 Å². The van der Waals surface area contributed by atoms with Crippen LogP contribution in [0.15, 0.2) is 128 Å². The highest BCUT2D eigenvalue weighted by Crippen LogP contribution is 2.57. The minimum atomic E-state index is -5.99. The molecule has 93 heavy (non-hydrogen) atoms. The third-order valence-electron chi connectivity index (χ3n) is 16.2. The maximum absolute atomic E-state index is 13.0. The summed E-state index contributed by atoms with van der Waals surface area (Å²) in [5.74, 6) is -3.69. The van der Waals surface area contributed by atoms with Crippen LogP contribution in [0.2, 0.25) is 0 Å². The molecule has 2 unspecified atom stereocenters. The zero-order valence-corrected chi connectivity index (χ0v) is 59.9. The van der Waals surface area contributed by atoms with Gasteiger partial charge in [0.2, 0.25) is 11.8 Å². The summed E-state index contributed by atoms with van der Waals surface area (Å²) in [6, 6.07) is -3.62. The fourth-order valence-corrected chi connectivity index (χ4v) is 12.5. The zero-order chi connectivity index (χ0) is 69.8. The van der Waals surface area contributed by atoms with Crippen molar-refractivity contribution in [3.63, 3.8) is 0 Å². The monoisotopic (exact) mass is 1340 g/mol.